The number of hydrogen-bond acceptors (Lipinski definition) is 4. The summed E-state index contributed by atoms with van der Waals surface area (Å²) in [6.07, 6.45) is 0.798. The van der Waals surface area contributed by atoms with E-state index >= 15 is 0 Å². The molecule has 0 atom stereocenters. The molecule has 94 valence electrons. The number of aromatic hydroxyl groups is 1. The lowest BCUT2D eigenvalue weighted by Gasteiger charge is -2.17. The molecule has 0 aromatic heterocycles. The van der Waals surface area contributed by atoms with E-state index < -0.39 is 5.97 Å². The van der Waals surface area contributed by atoms with Crippen LogP contribution < -0.4 is 5.73 Å². The van der Waals surface area contributed by atoms with Gasteiger partial charge in [-0.05, 0) is 30.0 Å². The van der Waals surface area contributed by atoms with Crippen molar-refractivity contribution < 1.29 is 14.6 Å². The Morgan fingerprint density at radius 1 is 1.41 bits per heavy atom. The summed E-state index contributed by atoms with van der Waals surface area (Å²) in [7, 11) is 0. The molecule has 0 fully saturated rings. The van der Waals surface area contributed by atoms with Gasteiger partial charge in [0.05, 0.1) is 17.9 Å². The number of rotatable bonds is 3. The maximum Gasteiger partial charge on any atom is 0.338 e. The summed E-state index contributed by atoms with van der Waals surface area (Å²) in [6, 6.07) is 4.29. The van der Waals surface area contributed by atoms with Gasteiger partial charge in [0.1, 0.15) is 5.75 Å². The number of phenols is 1. The molecule has 0 spiro atoms. The molecule has 0 amide bonds. The molecule has 0 aliphatic heterocycles. The Morgan fingerprint density at radius 2 is 2.06 bits per heavy atom. The fourth-order valence-corrected chi connectivity index (χ4v) is 1.21. The standard InChI is InChI=1S/C13H19NO3/c1-13(2,3)6-7-17-12(16)9-4-5-11(15)10(14)8-9/h4-5,8,15H,6-7,14H2,1-3H3. The van der Waals surface area contributed by atoms with Gasteiger partial charge >= 0.3 is 5.97 Å². The number of carbonyl (C=O) groups is 1. The van der Waals surface area contributed by atoms with Gasteiger partial charge in [0.25, 0.3) is 0 Å². The minimum atomic E-state index is -0.416. The minimum Gasteiger partial charge on any atom is -0.506 e. The highest BCUT2D eigenvalue weighted by Gasteiger charge is 2.13. The molecule has 0 aliphatic carbocycles. The minimum absolute atomic E-state index is 0.0313. The molecule has 0 heterocycles. The maximum atomic E-state index is 11.6. The van der Waals surface area contributed by atoms with Gasteiger partial charge in [0, 0.05) is 0 Å². The normalized spacial score (nSPS) is 11.2. The van der Waals surface area contributed by atoms with E-state index in [2.05, 4.69) is 20.8 Å². The van der Waals surface area contributed by atoms with Crippen LogP contribution in [-0.4, -0.2) is 17.7 Å². The first-order chi connectivity index (χ1) is 7.79. The second-order valence-electron chi connectivity index (χ2n) is 5.22. The van der Waals surface area contributed by atoms with Crippen LogP contribution in [-0.2, 0) is 4.74 Å². The predicted octanol–water partition coefficient (Wildman–Crippen LogP) is 2.57. The number of benzene rings is 1. The Bertz CT molecular complexity index is 408. The highest BCUT2D eigenvalue weighted by molar-refractivity contribution is 5.90. The van der Waals surface area contributed by atoms with Crippen LogP contribution in [0.5, 0.6) is 5.75 Å². The van der Waals surface area contributed by atoms with Gasteiger partial charge in [0.15, 0.2) is 0 Å². The zero-order valence-electron chi connectivity index (χ0n) is 10.5. The fourth-order valence-electron chi connectivity index (χ4n) is 1.21. The van der Waals surface area contributed by atoms with E-state index in [-0.39, 0.29) is 16.9 Å². The molecule has 0 saturated carbocycles. The molecule has 4 nitrogen and oxygen atoms in total. The van der Waals surface area contributed by atoms with Crippen LogP contribution in [0.25, 0.3) is 0 Å². The van der Waals surface area contributed by atoms with E-state index in [0.29, 0.717) is 12.2 Å². The van der Waals surface area contributed by atoms with Crippen LogP contribution >= 0.6 is 0 Å². The van der Waals surface area contributed by atoms with Gasteiger partial charge in [-0.2, -0.15) is 0 Å². The number of ether oxygens (including phenoxy) is 1. The van der Waals surface area contributed by atoms with Crippen LogP contribution in [0, 0.1) is 5.41 Å². The molecule has 0 radical (unpaired) electrons. The van der Waals surface area contributed by atoms with Crippen molar-refractivity contribution in [2.75, 3.05) is 12.3 Å². The molecular formula is C13H19NO3. The smallest absolute Gasteiger partial charge is 0.338 e. The van der Waals surface area contributed by atoms with Crippen molar-refractivity contribution in [3.63, 3.8) is 0 Å². The molecule has 0 aliphatic rings. The maximum absolute atomic E-state index is 11.6. The third-order valence-corrected chi connectivity index (χ3v) is 2.35. The van der Waals surface area contributed by atoms with Crippen LogP contribution in [0.15, 0.2) is 18.2 Å². The molecule has 17 heavy (non-hydrogen) atoms. The average Bonchev–Trinajstić information content (AvgIpc) is 2.20. The monoisotopic (exact) mass is 237 g/mol. The van der Waals surface area contributed by atoms with E-state index in [1.807, 2.05) is 0 Å². The zero-order valence-corrected chi connectivity index (χ0v) is 10.5. The lowest BCUT2D eigenvalue weighted by atomic mass is 9.93. The van der Waals surface area contributed by atoms with Crippen molar-refractivity contribution in [1.29, 1.82) is 0 Å². The Labute approximate surface area is 101 Å². The number of nitrogens with two attached hydrogens (primary N) is 1. The van der Waals surface area contributed by atoms with Crippen molar-refractivity contribution >= 4 is 11.7 Å². The van der Waals surface area contributed by atoms with Crippen molar-refractivity contribution in [3.8, 4) is 5.75 Å². The van der Waals surface area contributed by atoms with E-state index in [1.54, 1.807) is 0 Å². The third-order valence-electron chi connectivity index (χ3n) is 2.35. The zero-order chi connectivity index (χ0) is 13.1. The number of carbonyl (C=O) groups excluding carboxylic acids is 1. The SMILES string of the molecule is CC(C)(C)CCOC(=O)c1ccc(O)c(N)c1. The average molecular weight is 237 g/mol. The summed E-state index contributed by atoms with van der Waals surface area (Å²) < 4.78 is 5.12. The van der Waals surface area contributed by atoms with E-state index in [4.69, 9.17) is 10.5 Å². The number of hydrogen-bond donors (Lipinski definition) is 2. The number of anilines is 1. The summed E-state index contributed by atoms with van der Waals surface area (Å²) in [4.78, 5) is 11.6. The summed E-state index contributed by atoms with van der Waals surface area (Å²) in [5.41, 5.74) is 6.16. The number of esters is 1. The summed E-state index contributed by atoms with van der Waals surface area (Å²) >= 11 is 0. The van der Waals surface area contributed by atoms with E-state index in [0.717, 1.165) is 6.42 Å². The Morgan fingerprint density at radius 3 is 2.59 bits per heavy atom. The van der Waals surface area contributed by atoms with Crippen molar-refractivity contribution in [2.45, 2.75) is 27.2 Å². The van der Waals surface area contributed by atoms with Gasteiger partial charge in [-0.15, -0.1) is 0 Å². The first-order valence-electron chi connectivity index (χ1n) is 5.55. The summed E-state index contributed by atoms with van der Waals surface area (Å²) in [5, 5.41) is 9.23. The number of phenolic OH excluding ortho intramolecular Hbond substituents is 1. The largest absolute Gasteiger partial charge is 0.506 e. The molecule has 1 aromatic rings. The predicted molar refractivity (Wildman–Crippen MR) is 66.9 cm³/mol. The molecule has 0 bridgehead atoms. The van der Waals surface area contributed by atoms with Gasteiger partial charge in [0.2, 0.25) is 0 Å². The summed E-state index contributed by atoms with van der Waals surface area (Å²) in [6.45, 7) is 6.63. The highest BCUT2D eigenvalue weighted by atomic mass is 16.5. The number of nitrogen functional groups attached to an aromatic ring is 1. The second kappa shape index (κ2) is 5.08. The molecule has 1 rings (SSSR count). The fraction of sp³-hybridized carbons (Fsp3) is 0.462. The van der Waals surface area contributed by atoms with Crippen LogP contribution in [0.3, 0.4) is 0 Å². The Hall–Kier alpha value is -1.71. The third kappa shape index (κ3) is 4.34. The molecule has 4 heteroatoms. The second-order valence-corrected chi connectivity index (χ2v) is 5.22. The molecular weight excluding hydrogens is 218 g/mol. The van der Waals surface area contributed by atoms with Crippen molar-refractivity contribution in [2.24, 2.45) is 5.41 Å². The molecule has 3 N–H and O–H groups in total. The lowest BCUT2D eigenvalue weighted by molar-refractivity contribution is 0.0465. The van der Waals surface area contributed by atoms with Gasteiger partial charge in [-0.1, -0.05) is 20.8 Å². The van der Waals surface area contributed by atoms with Crippen LogP contribution in [0.4, 0.5) is 5.69 Å². The quantitative estimate of drug-likeness (QED) is 0.481. The van der Waals surface area contributed by atoms with Crippen LogP contribution in [0.1, 0.15) is 37.6 Å². The lowest BCUT2D eigenvalue weighted by Crippen LogP contribution is -2.13. The van der Waals surface area contributed by atoms with Crippen LogP contribution in [0.2, 0.25) is 0 Å². The first kappa shape index (κ1) is 13.4. The first-order valence-corrected chi connectivity index (χ1v) is 5.55. The van der Waals surface area contributed by atoms with Gasteiger partial charge < -0.3 is 15.6 Å². The molecule has 0 unspecified atom stereocenters. The van der Waals surface area contributed by atoms with Gasteiger partial charge in [-0.3, -0.25) is 0 Å². The van der Waals surface area contributed by atoms with E-state index in [9.17, 15) is 9.90 Å². The Kier molecular flexibility index (Phi) is 3.99. The molecule has 0 saturated heterocycles. The van der Waals surface area contributed by atoms with Crippen molar-refractivity contribution in [1.82, 2.24) is 0 Å². The van der Waals surface area contributed by atoms with Crippen molar-refractivity contribution in [3.05, 3.63) is 23.8 Å². The topological polar surface area (TPSA) is 72.5 Å². The molecule has 1 aromatic carbocycles. The van der Waals surface area contributed by atoms with E-state index in [1.165, 1.54) is 18.2 Å². The Balaban J connectivity index is 2.56. The van der Waals surface area contributed by atoms with Gasteiger partial charge in [-0.25, -0.2) is 4.79 Å². The highest BCUT2D eigenvalue weighted by Crippen LogP contribution is 2.22. The summed E-state index contributed by atoms with van der Waals surface area (Å²) in [5.74, 6) is -0.447.